The fourth-order valence-electron chi connectivity index (χ4n) is 2.48. The molecule has 3 nitrogen and oxygen atoms in total. The van der Waals surface area contributed by atoms with E-state index >= 15 is 0 Å². The summed E-state index contributed by atoms with van der Waals surface area (Å²) in [7, 11) is 0. The molecule has 0 aliphatic carbocycles. The van der Waals surface area contributed by atoms with Gasteiger partial charge in [-0.05, 0) is 37.0 Å². The van der Waals surface area contributed by atoms with E-state index in [9.17, 15) is 0 Å². The minimum atomic E-state index is 0.0178. The van der Waals surface area contributed by atoms with E-state index in [0.29, 0.717) is 5.92 Å². The largest absolute Gasteiger partial charge is 0.327 e. The summed E-state index contributed by atoms with van der Waals surface area (Å²) in [5, 5.41) is 0. The molecule has 1 aromatic carbocycles. The van der Waals surface area contributed by atoms with Gasteiger partial charge in [-0.3, -0.25) is 0 Å². The fraction of sp³-hybridized carbons (Fsp3) is 0.562. The second kappa shape index (κ2) is 5.74. The second-order valence-electron chi connectivity index (χ2n) is 5.53. The predicted octanol–water partition coefficient (Wildman–Crippen LogP) is 3.80. The number of benzene rings is 1. The Balaban J connectivity index is 2.55. The maximum atomic E-state index is 6.40. The Labute approximate surface area is 115 Å². The van der Waals surface area contributed by atoms with Crippen LogP contribution in [0.2, 0.25) is 0 Å². The van der Waals surface area contributed by atoms with Crippen molar-refractivity contribution in [2.24, 2.45) is 11.7 Å². The molecule has 19 heavy (non-hydrogen) atoms. The standard InChI is InChI=1S/C16H25N3/c1-5-9-19-14-8-7-11(3)10-13(14)18-16(19)15(17)12(4)6-2/h7-8,10,12,15H,5-6,9,17H2,1-4H3. The number of hydrogen-bond donors (Lipinski definition) is 1. The smallest absolute Gasteiger partial charge is 0.127 e. The second-order valence-corrected chi connectivity index (χ2v) is 5.53. The average molecular weight is 259 g/mol. The van der Waals surface area contributed by atoms with Crippen LogP contribution in [0.4, 0.5) is 0 Å². The fourth-order valence-corrected chi connectivity index (χ4v) is 2.48. The van der Waals surface area contributed by atoms with E-state index in [1.165, 1.54) is 11.1 Å². The average Bonchev–Trinajstić information content (AvgIpc) is 2.75. The lowest BCUT2D eigenvalue weighted by molar-refractivity contribution is 0.424. The maximum Gasteiger partial charge on any atom is 0.127 e. The minimum absolute atomic E-state index is 0.0178. The molecule has 2 N–H and O–H groups in total. The molecule has 1 aromatic heterocycles. The molecular formula is C16H25N3. The van der Waals surface area contributed by atoms with E-state index in [1.54, 1.807) is 0 Å². The van der Waals surface area contributed by atoms with Gasteiger partial charge in [0.05, 0.1) is 17.1 Å². The Hall–Kier alpha value is -1.35. The highest BCUT2D eigenvalue weighted by Gasteiger charge is 2.20. The van der Waals surface area contributed by atoms with Gasteiger partial charge >= 0.3 is 0 Å². The molecule has 0 radical (unpaired) electrons. The Morgan fingerprint density at radius 3 is 2.68 bits per heavy atom. The van der Waals surface area contributed by atoms with E-state index in [1.807, 2.05) is 0 Å². The number of imidazole rings is 1. The van der Waals surface area contributed by atoms with Gasteiger partial charge in [0.15, 0.2) is 0 Å². The van der Waals surface area contributed by atoms with Crippen molar-refractivity contribution >= 4 is 11.0 Å². The molecule has 0 saturated carbocycles. The minimum Gasteiger partial charge on any atom is -0.327 e. The monoisotopic (exact) mass is 259 g/mol. The first-order chi connectivity index (χ1) is 9.08. The van der Waals surface area contributed by atoms with Crippen LogP contribution in [0.5, 0.6) is 0 Å². The Morgan fingerprint density at radius 1 is 1.32 bits per heavy atom. The van der Waals surface area contributed by atoms with E-state index in [4.69, 9.17) is 10.7 Å². The molecule has 3 heteroatoms. The SMILES string of the molecule is CCCn1c(C(N)C(C)CC)nc2cc(C)ccc21. The number of fused-ring (bicyclic) bond motifs is 1. The molecule has 0 aliphatic heterocycles. The number of nitrogens with two attached hydrogens (primary N) is 1. The van der Waals surface area contributed by atoms with Crippen LogP contribution in [0.1, 0.15) is 51.0 Å². The van der Waals surface area contributed by atoms with Gasteiger partial charge < -0.3 is 10.3 Å². The summed E-state index contributed by atoms with van der Waals surface area (Å²) in [6, 6.07) is 6.48. The lowest BCUT2D eigenvalue weighted by atomic mass is 9.99. The van der Waals surface area contributed by atoms with Crippen LogP contribution in [0.25, 0.3) is 11.0 Å². The van der Waals surface area contributed by atoms with Crippen molar-refractivity contribution < 1.29 is 0 Å². The van der Waals surface area contributed by atoms with Crippen LogP contribution >= 0.6 is 0 Å². The third kappa shape index (κ3) is 2.66. The van der Waals surface area contributed by atoms with Gasteiger partial charge in [0.25, 0.3) is 0 Å². The van der Waals surface area contributed by atoms with E-state index < -0.39 is 0 Å². The quantitative estimate of drug-likeness (QED) is 0.887. The molecule has 2 rings (SSSR count). The van der Waals surface area contributed by atoms with Crippen molar-refractivity contribution in [3.63, 3.8) is 0 Å². The first-order valence-electron chi connectivity index (χ1n) is 7.30. The summed E-state index contributed by atoms with van der Waals surface area (Å²) in [5.41, 5.74) is 9.93. The van der Waals surface area contributed by atoms with Crippen LogP contribution in [0.15, 0.2) is 18.2 Å². The third-order valence-electron chi connectivity index (χ3n) is 3.94. The first-order valence-corrected chi connectivity index (χ1v) is 7.30. The van der Waals surface area contributed by atoms with Crippen molar-refractivity contribution in [3.05, 3.63) is 29.6 Å². The van der Waals surface area contributed by atoms with Gasteiger partial charge in [-0.2, -0.15) is 0 Å². The Bertz CT molecular complexity index is 556. The molecule has 2 unspecified atom stereocenters. The molecule has 1 heterocycles. The van der Waals surface area contributed by atoms with Gasteiger partial charge in [0.2, 0.25) is 0 Å². The summed E-state index contributed by atoms with van der Waals surface area (Å²) in [6.07, 6.45) is 2.18. The topological polar surface area (TPSA) is 43.8 Å². The summed E-state index contributed by atoms with van der Waals surface area (Å²) >= 11 is 0. The number of hydrogen-bond acceptors (Lipinski definition) is 2. The Kier molecular flexibility index (Phi) is 4.25. The van der Waals surface area contributed by atoms with Gasteiger partial charge in [0, 0.05) is 6.54 Å². The molecule has 0 spiro atoms. The molecule has 2 atom stereocenters. The zero-order chi connectivity index (χ0) is 14.0. The Morgan fingerprint density at radius 2 is 2.05 bits per heavy atom. The van der Waals surface area contributed by atoms with Crippen LogP contribution in [-0.2, 0) is 6.54 Å². The van der Waals surface area contributed by atoms with Gasteiger partial charge in [-0.15, -0.1) is 0 Å². The molecule has 0 fully saturated rings. The highest BCUT2D eigenvalue weighted by atomic mass is 15.1. The van der Waals surface area contributed by atoms with Crippen LogP contribution in [0, 0.1) is 12.8 Å². The zero-order valence-corrected chi connectivity index (χ0v) is 12.5. The molecule has 0 saturated heterocycles. The summed E-state index contributed by atoms with van der Waals surface area (Å²) < 4.78 is 2.30. The molecule has 0 bridgehead atoms. The number of nitrogens with zero attached hydrogens (tertiary/aromatic N) is 2. The van der Waals surface area contributed by atoms with Gasteiger partial charge in [0.1, 0.15) is 5.82 Å². The van der Waals surface area contributed by atoms with Crippen LogP contribution in [0.3, 0.4) is 0 Å². The van der Waals surface area contributed by atoms with Crippen molar-refractivity contribution in [1.29, 1.82) is 0 Å². The van der Waals surface area contributed by atoms with Crippen LogP contribution < -0.4 is 5.73 Å². The normalized spacial score (nSPS) is 14.8. The molecule has 104 valence electrons. The van der Waals surface area contributed by atoms with Crippen molar-refractivity contribution in [1.82, 2.24) is 9.55 Å². The zero-order valence-electron chi connectivity index (χ0n) is 12.5. The molecular weight excluding hydrogens is 234 g/mol. The number of rotatable bonds is 5. The van der Waals surface area contributed by atoms with Crippen molar-refractivity contribution in [2.45, 2.75) is 53.1 Å². The highest BCUT2D eigenvalue weighted by molar-refractivity contribution is 5.77. The first kappa shape index (κ1) is 14.1. The summed E-state index contributed by atoms with van der Waals surface area (Å²) in [6.45, 7) is 9.66. The third-order valence-corrected chi connectivity index (χ3v) is 3.94. The predicted molar refractivity (Wildman–Crippen MR) is 81.1 cm³/mol. The van der Waals surface area contributed by atoms with Gasteiger partial charge in [-0.1, -0.05) is 33.3 Å². The number of aromatic nitrogens is 2. The number of aryl methyl sites for hydroxylation is 2. The van der Waals surface area contributed by atoms with Crippen molar-refractivity contribution in [3.8, 4) is 0 Å². The van der Waals surface area contributed by atoms with Crippen molar-refractivity contribution in [2.75, 3.05) is 0 Å². The van der Waals surface area contributed by atoms with Gasteiger partial charge in [-0.25, -0.2) is 4.98 Å². The molecule has 2 aromatic rings. The van der Waals surface area contributed by atoms with E-state index in [-0.39, 0.29) is 6.04 Å². The maximum absolute atomic E-state index is 6.40. The summed E-state index contributed by atoms with van der Waals surface area (Å²) in [5.74, 6) is 1.49. The lowest BCUT2D eigenvalue weighted by Crippen LogP contribution is -2.23. The van der Waals surface area contributed by atoms with E-state index in [2.05, 4.69) is 50.5 Å². The summed E-state index contributed by atoms with van der Waals surface area (Å²) in [4.78, 5) is 4.80. The highest BCUT2D eigenvalue weighted by Crippen LogP contribution is 2.26. The lowest BCUT2D eigenvalue weighted by Gasteiger charge is -2.19. The molecule has 0 aliphatic rings. The molecule has 0 amide bonds. The van der Waals surface area contributed by atoms with Crippen LogP contribution in [-0.4, -0.2) is 9.55 Å². The van der Waals surface area contributed by atoms with E-state index in [0.717, 1.165) is 30.7 Å².